The minimum atomic E-state index is -4.44. The predicted molar refractivity (Wildman–Crippen MR) is 119 cm³/mol. The molecule has 33 heavy (non-hydrogen) atoms. The number of rotatable bonds is 7. The fourth-order valence-corrected chi connectivity index (χ4v) is 3.81. The van der Waals surface area contributed by atoms with Crippen LogP contribution >= 0.6 is 0 Å². The van der Waals surface area contributed by atoms with Crippen LogP contribution in [0, 0.1) is 0 Å². The van der Waals surface area contributed by atoms with Crippen molar-refractivity contribution >= 4 is 17.9 Å². The van der Waals surface area contributed by atoms with Gasteiger partial charge in [-0.2, -0.15) is 18.3 Å². The molecule has 2 heterocycles. The Morgan fingerprint density at radius 1 is 1.21 bits per heavy atom. The van der Waals surface area contributed by atoms with Gasteiger partial charge in [0.2, 0.25) is 0 Å². The summed E-state index contributed by atoms with van der Waals surface area (Å²) in [5.41, 5.74) is 2.40. The monoisotopic (exact) mass is 464 g/mol. The minimum Gasteiger partial charge on any atom is -0.493 e. The van der Waals surface area contributed by atoms with E-state index in [1.807, 2.05) is 4.90 Å². The van der Waals surface area contributed by atoms with Gasteiger partial charge in [0, 0.05) is 18.3 Å². The fraction of sp³-hybridized carbons (Fsp3) is 0.435. The maximum Gasteiger partial charge on any atom is 0.417 e. The number of hydrazone groups is 1. The molecule has 1 N–H and O–H groups in total. The highest BCUT2D eigenvalue weighted by molar-refractivity contribution is 5.82. The molecule has 1 aromatic carbocycles. The number of alkyl halides is 3. The number of anilines is 1. The van der Waals surface area contributed by atoms with E-state index in [0.717, 1.165) is 31.5 Å². The summed E-state index contributed by atoms with van der Waals surface area (Å²) in [5, 5.41) is 3.98. The Bertz CT molecular complexity index is 970. The Labute approximate surface area is 190 Å². The van der Waals surface area contributed by atoms with Crippen molar-refractivity contribution < 1.29 is 27.4 Å². The molecular formula is C23H27F3N4O3. The van der Waals surface area contributed by atoms with E-state index in [0.29, 0.717) is 17.1 Å². The number of aromatic nitrogens is 1. The SMILES string of the molecule is COc1cc(/C=N/Nc2ccc(C(F)(F)F)cn2)ccc1OCC(=O)N1C(C)CCCC1C. The molecule has 10 heteroatoms. The molecule has 1 aliphatic heterocycles. The average molecular weight is 464 g/mol. The number of carbonyl (C=O) groups is 1. The van der Waals surface area contributed by atoms with Gasteiger partial charge >= 0.3 is 6.18 Å². The number of likely N-dealkylation sites (tertiary alicyclic amines) is 1. The van der Waals surface area contributed by atoms with E-state index in [4.69, 9.17) is 9.47 Å². The van der Waals surface area contributed by atoms with Gasteiger partial charge in [-0.05, 0) is 69.0 Å². The molecule has 178 valence electrons. The zero-order valence-electron chi connectivity index (χ0n) is 18.7. The van der Waals surface area contributed by atoms with Gasteiger partial charge in [0.05, 0.1) is 18.9 Å². The van der Waals surface area contributed by atoms with Crippen molar-refractivity contribution in [2.45, 2.75) is 51.4 Å². The molecule has 1 fully saturated rings. The Kier molecular flexibility index (Phi) is 7.78. The Morgan fingerprint density at radius 3 is 2.55 bits per heavy atom. The number of hydrogen-bond acceptors (Lipinski definition) is 6. The number of ether oxygens (including phenoxy) is 2. The first-order chi connectivity index (χ1) is 15.7. The van der Waals surface area contributed by atoms with Gasteiger partial charge in [-0.15, -0.1) is 0 Å². The summed E-state index contributed by atoms with van der Waals surface area (Å²) >= 11 is 0. The first-order valence-corrected chi connectivity index (χ1v) is 10.6. The third-order valence-electron chi connectivity index (χ3n) is 5.50. The van der Waals surface area contributed by atoms with E-state index in [1.165, 1.54) is 19.4 Å². The first-order valence-electron chi connectivity index (χ1n) is 10.6. The quantitative estimate of drug-likeness (QED) is 0.474. The third kappa shape index (κ3) is 6.36. The molecule has 3 rings (SSSR count). The molecule has 7 nitrogen and oxygen atoms in total. The van der Waals surface area contributed by atoms with Gasteiger partial charge in [0.25, 0.3) is 5.91 Å². The van der Waals surface area contributed by atoms with Gasteiger partial charge in [0.1, 0.15) is 5.82 Å². The van der Waals surface area contributed by atoms with Crippen molar-refractivity contribution in [2.24, 2.45) is 5.10 Å². The van der Waals surface area contributed by atoms with E-state index in [-0.39, 0.29) is 30.4 Å². The summed E-state index contributed by atoms with van der Waals surface area (Å²) in [5.74, 6) is 0.971. The van der Waals surface area contributed by atoms with E-state index >= 15 is 0 Å². The number of nitrogens with zero attached hydrogens (tertiary/aromatic N) is 3. The Morgan fingerprint density at radius 2 is 1.94 bits per heavy atom. The first kappa shape index (κ1) is 24.3. The Balaban J connectivity index is 1.59. The van der Waals surface area contributed by atoms with Crippen LogP contribution in [0.3, 0.4) is 0 Å². The molecule has 0 radical (unpaired) electrons. The van der Waals surface area contributed by atoms with Crippen LogP contribution in [0.15, 0.2) is 41.6 Å². The van der Waals surface area contributed by atoms with Crippen LogP contribution < -0.4 is 14.9 Å². The number of methoxy groups -OCH3 is 1. The average Bonchev–Trinajstić information content (AvgIpc) is 2.77. The minimum absolute atomic E-state index is 0.0596. The molecule has 2 aromatic rings. The van der Waals surface area contributed by atoms with Crippen molar-refractivity contribution in [3.05, 3.63) is 47.7 Å². The molecule has 1 aliphatic rings. The third-order valence-corrected chi connectivity index (χ3v) is 5.50. The highest BCUT2D eigenvalue weighted by Gasteiger charge is 2.31. The summed E-state index contributed by atoms with van der Waals surface area (Å²) in [7, 11) is 1.49. The number of halogens is 3. The Hall–Kier alpha value is -3.30. The number of piperidine rings is 1. The second-order valence-corrected chi connectivity index (χ2v) is 7.93. The van der Waals surface area contributed by atoms with Crippen LogP contribution in [-0.4, -0.2) is 47.8 Å². The van der Waals surface area contributed by atoms with E-state index < -0.39 is 11.7 Å². The highest BCUT2D eigenvalue weighted by atomic mass is 19.4. The number of pyridine rings is 1. The summed E-state index contributed by atoms with van der Waals surface area (Å²) < 4.78 is 48.9. The molecule has 1 aromatic heterocycles. The lowest BCUT2D eigenvalue weighted by molar-refractivity contribution is -0.139. The summed E-state index contributed by atoms with van der Waals surface area (Å²) in [6, 6.07) is 7.57. The lowest BCUT2D eigenvalue weighted by atomic mass is 9.97. The zero-order valence-corrected chi connectivity index (χ0v) is 18.7. The smallest absolute Gasteiger partial charge is 0.417 e. The summed E-state index contributed by atoms with van der Waals surface area (Å²) in [6.45, 7) is 4.02. The largest absolute Gasteiger partial charge is 0.493 e. The summed E-state index contributed by atoms with van der Waals surface area (Å²) in [6.07, 6.45) is 0.859. The second kappa shape index (κ2) is 10.5. The van der Waals surface area contributed by atoms with Crippen molar-refractivity contribution in [3.63, 3.8) is 0 Å². The van der Waals surface area contributed by atoms with Crippen molar-refractivity contribution in [3.8, 4) is 11.5 Å². The second-order valence-electron chi connectivity index (χ2n) is 7.93. The molecule has 0 bridgehead atoms. The van der Waals surface area contributed by atoms with E-state index in [2.05, 4.69) is 29.4 Å². The summed E-state index contributed by atoms with van der Waals surface area (Å²) in [4.78, 5) is 18.2. The van der Waals surface area contributed by atoms with Crippen LogP contribution in [0.5, 0.6) is 11.5 Å². The number of amides is 1. The molecular weight excluding hydrogens is 437 g/mol. The number of hydrogen-bond donors (Lipinski definition) is 1. The van der Waals surface area contributed by atoms with E-state index in [1.54, 1.807) is 18.2 Å². The molecule has 1 amide bonds. The van der Waals surface area contributed by atoms with Crippen LogP contribution in [0.1, 0.15) is 44.2 Å². The van der Waals surface area contributed by atoms with Gasteiger partial charge < -0.3 is 14.4 Å². The predicted octanol–water partition coefficient (Wildman–Crippen LogP) is 4.72. The van der Waals surface area contributed by atoms with Gasteiger partial charge in [-0.25, -0.2) is 4.98 Å². The standard InChI is InChI=1S/C23H27F3N4O3/c1-15-5-4-6-16(2)30(15)22(31)14-33-19-9-7-17(11-20(19)32-3)12-28-29-21-10-8-18(13-27-21)23(24,25)26/h7-13,15-16H,4-6,14H2,1-3H3,(H,27,29)/b28-12+. The lowest BCUT2D eigenvalue weighted by Crippen LogP contribution is -2.49. The van der Waals surface area contributed by atoms with Crippen molar-refractivity contribution in [1.82, 2.24) is 9.88 Å². The number of nitrogens with one attached hydrogen (secondary N) is 1. The number of benzene rings is 1. The van der Waals surface area contributed by atoms with Gasteiger partial charge in [-0.1, -0.05) is 0 Å². The van der Waals surface area contributed by atoms with Crippen molar-refractivity contribution in [1.29, 1.82) is 0 Å². The van der Waals surface area contributed by atoms with Crippen LogP contribution in [0.25, 0.3) is 0 Å². The van der Waals surface area contributed by atoms with Gasteiger partial charge in [0.15, 0.2) is 18.1 Å². The molecule has 0 spiro atoms. The highest BCUT2D eigenvalue weighted by Crippen LogP contribution is 2.30. The number of carbonyl (C=O) groups excluding carboxylic acids is 1. The normalized spacial score (nSPS) is 18.9. The van der Waals surface area contributed by atoms with Crippen LogP contribution in [0.2, 0.25) is 0 Å². The van der Waals surface area contributed by atoms with Crippen molar-refractivity contribution in [2.75, 3.05) is 19.1 Å². The molecule has 1 saturated heterocycles. The molecule has 2 atom stereocenters. The molecule has 2 unspecified atom stereocenters. The topological polar surface area (TPSA) is 76.0 Å². The van der Waals surface area contributed by atoms with Crippen LogP contribution in [-0.2, 0) is 11.0 Å². The fourth-order valence-electron chi connectivity index (χ4n) is 3.81. The van der Waals surface area contributed by atoms with E-state index in [9.17, 15) is 18.0 Å². The maximum absolute atomic E-state index is 12.7. The van der Waals surface area contributed by atoms with Crippen LogP contribution in [0.4, 0.5) is 19.0 Å². The van der Waals surface area contributed by atoms with Gasteiger partial charge in [-0.3, -0.25) is 10.2 Å². The zero-order chi connectivity index (χ0) is 24.0. The molecule has 0 saturated carbocycles. The molecule has 0 aliphatic carbocycles. The maximum atomic E-state index is 12.7. The lowest BCUT2D eigenvalue weighted by Gasteiger charge is -2.39.